The molecule has 1 aromatic heterocycles. The van der Waals surface area contributed by atoms with E-state index in [-0.39, 0.29) is 0 Å². The van der Waals surface area contributed by atoms with Gasteiger partial charge < -0.3 is 5.32 Å². The SMILES string of the molecule is CCCNCc1ccc(-c2c(CC)nn(C)c2CC)cc1. The topological polar surface area (TPSA) is 29.9 Å². The lowest BCUT2D eigenvalue weighted by molar-refractivity contribution is 0.675. The molecule has 114 valence electrons. The molecule has 0 atom stereocenters. The van der Waals surface area contributed by atoms with Crippen molar-refractivity contribution in [2.24, 2.45) is 7.05 Å². The Kier molecular flexibility index (Phi) is 5.57. The van der Waals surface area contributed by atoms with E-state index in [1.807, 2.05) is 11.7 Å². The standard InChI is InChI=1S/C18H27N3/c1-5-12-19-13-14-8-10-15(11-9-14)18-16(6-2)20-21(4)17(18)7-3/h8-11,19H,5-7,12-13H2,1-4H3. The molecule has 0 unspecified atom stereocenters. The molecule has 0 fully saturated rings. The lowest BCUT2D eigenvalue weighted by Gasteiger charge is -2.08. The van der Waals surface area contributed by atoms with Crippen molar-refractivity contribution in [2.45, 2.75) is 46.6 Å². The van der Waals surface area contributed by atoms with Gasteiger partial charge in [0.25, 0.3) is 0 Å². The van der Waals surface area contributed by atoms with Crippen LogP contribution in [0.15, 0.2) is 24.3 Å². The molecule has 0 bridgehead atoms. The smallest absolute Gasteiger partial charge is 0.0703 e. The van der Waals surface area contributed by atoms with E-state index < -0.39 is 0 Å². The molecule has 2 rings (SSSR count). The molecule has 0 radical (unpaired) electrons. The number of aryl methyl sites for hydroxylation is 2. The number of benzene rings is 1. The van der Waals surface area contributed by atoms with Crippen LogP contribution in [0.2, 0.25) is 0 Å². The summed E-state index contributed by atoms with van der Waals surface area (Å²) in [5.74, 6) is 0. The summed E-state index contributed by atoms with van der Waals surface area (Å²) in [6, 6.07) is 8.92. The summed E-state index contributed by atoms with van der Waals surface area (Å²) in [5, 5.41) is 8.11. The summed E-state index contributed by atoms with van der Waals surface area (Å²) < 4.78 is 2.03. The van der Waals surface area contributed by atoms with Crippen molar-refractivity contribution in [3.05, 3.63) is 41.2 Å². The predicted octanol–water partition coefficient (Wildman–Crippen LogP) is 3.71. The Labute approximate surface area is 128 Å². The molecule has 0 saturated heterocycles. The van der Waals surface area contributed by atoms with Crippen LogP contribution >= 0.6 is 0 Å². The molecule has 1 aromatic carbocycles. The summed E-state index contributed by atoms with van der Waals surface area (Å²) >= 11 is 0. The zero-order valence-corrected chi connectivity index (χ0v) is 13.7. The zero-order valence-electron chi connectivity index (χ0n) is 13.7. The summed E-state index contributed by atoms with van der Waals surface area (Å²) in [4.78, 5) is 0. The summed E-state index contributed by atoms with van der Waals surface area (Å²) in [6.45, 7) is 8.58. The molecule has 0 amide bonds. The van der Waals surface area contributed by atoms with Crippen LogP contribution in [0.3, 0.4) is 0 Å². The van der Waals surface area contributed by atoms with Crippen LogP contribution in [0, 0.1) is 0 Å². The molecule has 0 aliphatic rings. The van der Waals surface area contributed by atoms with Crippen LogP contribution in [-0.4, -0.2) is 16.3 Å². The fourth-order valence-corrected chi connectivity index (χ4v) is 2.80. The fourth-order valence-electron chi connectivity index (χ4n) is 2.80. The van der Waals surface area contributed by atoms with Crippen LogP contribution in [0.25, 0.3) is 11.1 Å². The van der Waals surface area contributed by atoms with Gasteiger partial charge in [0.05, 0.1) is 5.69 Å². The van der Waals surface area contributed by atoms with E-state index in [1.165, 1.54) is 34.5 Å². The van der Waals surface area contributed by atoms with Crippen LogP contribution < -0.4 is 5.32 Å². The lowest BCUT2D eigenvalue weighted by Crippen LogP contribution is -2.13. The maximum Gasteiger partial charge on any atom is 0.0703 e. The Balaban J connectivity index is 2.26. The van der Waals surface area contributed by atoms with Crippen LogP contribution in [0.1, 0.15) is 44.1 Å². The van der Waals surface area contributed by atoms with Crippen molar-refractivity contribution in [2.75, 3.05) is 6.54 Å². The van der Waals surface area contributed by atoms with Gasteiger partial charge in [0, 0.05) is 24.8 Å². The van der Waals surface area contributed by atoms with Gasteiger partial charge in [-0.2, -0.15) is 5.10 Å². The number of rotatable bonds is 7. The molecule has 0 aliphatic carbocycles. The van der Waals surface area contributed by atoms with Gasteiger partial charge in [0.1, 0.15) is 0 Å². The average Bonchev–Trinajstić information content (AvgIpc) is 2.84. The van der Waals surface area contributed by atoms with E-state index in [4.69, 9.17) is 0 Å². The van der Waals surface area contributed by atoms with Crippen molar-refractivity contribution in [1.29, 1.82) is 0 Å². The zero-order chi connectivity index (χ0) is 15.2. The Bertz CT molecular complexity index is 567. The Morgan fingerprint density at radius 2 is 1.76 bits per heavy atom. The minimum atomic E-state index is 0.947. The number of hydrogen-bond donors (Lipinski definition) is 1. The second-order valence-corrected chi connectivity index (χ2v) is 5.47. The van der Waals surface area contributed by atoms with Gasteiger partial charge in [-0.1, -0.05) is 45.0 Å². The minimum absolute atomic E-state index is 0.947. The van der Waals surface area contributed by atoms with E-state index in [1.54, 1.807) is 0 Å². The van der Waals surface area contributed by atoms with Crippen LogP contribution in [0.4, 0.5) is 0 Å². The second-order valence-electron chi connectivity index (χ2n) is 5.47. The summed E-state index contributed by atoms with van der Waals surface area (Å²) in [5.41, 5.74) is 6.48. The number of nitrogens with zero attached hydrogens (tertiary/aromatic N) is 2. The fraction of sp³-hybridized carbons (Fsp3) is 0.500. The molecular weight excluding hydrogens is 258 g/mol. The number of nitrogens with one attached hydrogen (secondary N) is 1. The van der Waals surface area contributed by atoms with E-state index >= 15 is 0 Å². The first-order chi connectivity index (χ1) is 10.2. The first-order valence-electron chi connectivity index (χ1n) is 8.05. The molecule has 2 aromatic rings. The average molecular weight is 285 g/mol. The van der Waals surface area contributed by atoms with Crippen molar-refractivity contribution in [3.8, 4) is 11.1 Å². The van der Waals surface area contributed by atoms with Crippen LogP contribution in [-0.2, 0) is 26.4 Å². The third kappa shape index (κ3) is 3.53. The monoisotopic (exact) mass is 285 g/mol. The van der Waals surface area contributed by atoms with Gasteiger partial charge >= 0.3 is 0 Å². The van der Waals surface area contributed by atoms with Crippen LogP contribution in [0.5, 0.6) is 0 Å². The van der Waals surface area contributed by atoms with E-state index in [0.717, 1.165) is 25.9 Å². The highest BCUT2D eigenvalue weighted by atomic mass is 15.3. The van der Waals surface area contributed by atoms with Gasteiger partial charge in [0.2, 0.25) is 0 Å². The molecule has 1 N–H and O–H groups in total. The minimum Gasteiger partial charge on any atom is -0.313 e. The van der Waals surface area contributed by atoms with Crippen molar-refractivity contribution in [1.82, 2.24) is 15.1 Å². The van der Waals surface area contributed by atoms with E-state index in [9.17, 15) is 0 Å². The number of aromatic nitrogens is 2. The first-order valence-corrected chi connectivity index (χ1v) is 8.05. The normalized spacial score (nSPS) is 11.0. The predicted molar refractivity (Wildman–Crippen MR) is 89.4 cm³/mol. The Morgan fingerprint density at radius 1 is 1.05 bits per heavy atom. The van der Waals surface area contributed by atoms with Gasteiger partial charge in [0.15, 0.2) is 0 Å². The molecule has 0 saturated carbocycles. The molecule has 1 heterocycles. The van der Waals surface area contributed by atoms with Crippen molar-refractivity contribution < 1.29 is 0 Å². The molecule has 0 aliphatic heterocycles. The van der Waals surface area contributed by atoms with Crippen molar-refractivity contribution >= 4 is 0 Å². The third-order valence-corrected chi connectivity index (χ3v) is 3.91. The molecule has 0 spiro atoms. The van der Waals surface area contributed by atoms with E-state index in [0.29, 0.717) is 0 Å². The maximum atomic E-state index is 4.66. The van der Waals surface area contributed by atoms with Gasteiger partial charge in [-0.25, -0.2) is 0 Å². The van der Waals surface area contributed by atoms with E-state index in [2.05, 4.69) is 55.5 Å². The number of hydrogen-bond acceptors (Lipinski definition) is 2. The Morgan fingerprint density at radius 3 is 2.33 bits per heavy atom. The summed E-state index contributed by atoms with van der Waals surface area (Å²) in [7, 11) is 2.05. The highest BCUT2D eigenvalue weighted by Gasteiger charge is 2.15. The quantitative estimate of drug-likeness (QED) is 0.786. The van der Waals surface area contributed by atoms with Gasteiger partial charge in [-0.3, -0.25) is 4.68 Å². The lowest BCUT2D eigenvalue weighted by atomic mass is 9.99. The highest BCUT2D eigenvalue weighted by Crippen LogP contribution is 2.28. The molecule has 21 heavy (non-hydrogen) atoms. The molecule has 3 nitrogen and oxygen atoms in total. The highest BCUT2D eigenvalue weighted by molar-refractivity contribution is 5.69. The molecule has 3 heteroatoms. The maximum absolute atomic E-state index is 4.66. The second kappa shape index (κ2) is 7.41. The largest absolute Gasteiger partial charge is 0.313 e. The Hall–Kier alpha value is -1.61. The third-order valence-electron chi connectivity index (χ3n) is 3.91. The summed E-state index contributed by atoms with van der Waals surface area (Å²) in [6.07, 6.45) is 3.16. The van der Waals surface area contributed by atoms with Gasteiger partial charge in [-0.05, 0) is 36.9 Å². The first kappa shape index (κ1) is 15.8. The van der Waals surface area contributed by atoms with Crippen molar-refractivity contribution in [3.63, 3.8) is 0 Å². The van der Waals surface area contributed by atoms with Gasteiger partial charge in [-0.15, -0.1) is 0 Å². The molecular formula is C18H27N3.